The van der Waals surface area contributed by atoms with Crippen LogP contribution in [0.1, 0.15) is 31.4 Å². The summed E-state index contributed by atoms with van der Waals surface area (Å²) in [4.78, 5) is 2.35. The van der Waals surface area contributed by atoms with Crippen LogP contribution in [0, 0.1) is 0 Å². The van der Waals surface area contributed by atoms with E-state index in [1.165, 1.54) is 0 Å². The van der Waals surface area contributed by atoms with Crippen LogP contribution in [-0.4, -0.2) is 36.1 Å². The van der Waals surface area contributed by atoms with Gasteiger partial charge in [-0.2, -0.15) is 0 Å². The van der Waals surface area contributed by atoms with Crippen molar-refractivity contribution in [3.63, 3.8) is 0 Å². The Labute approximate surface area is 114 Å². The summed E-state index contributed by atoms with van der Waals surface area (Å²) < 4.78 is 5.22. The maximum atomic E-state index is 8.81. The first-order valence-corrected chi connectivity index (χ1v) is 6.53. The molecule has 0 aliphatic carbocycles. The zero-order valence-electron chi connectivity index (χ0n) is 11.9. The topological polar surface area (TPSA) is 71.1 Å². The van der Waals surface area contributed by atoms with Crippen molar-refractivity contribution < 1.29 is 9.94 Å². The third-order valence-corrected chi connectivity index (χ3v) is 3.04. The van der Waals surface area contributed by atoms with Gasteiger partial charge in [0.1, 0.15) is 5.75 Å². The third-order valence-electron chi connectivity index (χ3n) is 3.04. The number of methoxy groups -OCH3 is 1. The fourth-order valence-corrected chi connectivity index (χ4v) is 2.03. The van der Waals surface area contributed by atoms with E-state index in [2.05, 4.69) is 23.9 Å². The molecule has 5 nitrogen and oxygen atoms in total. The molecule has 0 aliphatic rings. The van der Waals surface area contributed by atoms with Gasteiger partial charge in [-0.05, 0) is 37.2 Å². The van der Waals surface area contributed by atoms with Crippen LogP contribution in [0.25, 0.3) is 0 Å². The molecule has 0 amide bonds. The van der Waals surface area contributed by atoms with Crippen molar-refractivity contribution in [2.45, 2.75) is 26.8 Å². The molecule has 1 aromatic carbocycles. The summed E-state index contributed by atoms with van der Waals surface area (Å²) in [5.41, 5.74) is 7.41. The van der Waals surface area contributed by atoms with Crippen molar-refractivity contribution in [2.24, 2.45) is 10.9 Å². The van der Waals surface area contributed by atoms with Crippen LogP contribution < -0.4 is 10.5 Å². The number of amidine groups is 1. The summed E-state index contributed by atoms with van der Waals surface area (Å²) in [5, 5.41) is 11.9. The number of hydrogen-bond donors (Lipinski definition) is 2. The van der Waals surface area contributed by atoms with Gasteiger partial charge in [0, 0.05) is 6.54 Å². The largest absolute Gasteiger partial charge is 0.496 e. The summed E-state index contributed by atoms with van der Waals surface area (Å²) in [7, 11) is 1.57. The highest BCUT2D eigenvalue weighted by atomic mass is 16.5. The summed E-state index contributed by atoms with van der Waals surface area (Å²) in [5.74, 6) is 0.676. The molecule has 106 valence electrons. The van der Waals surface area contributed by atoms with E-state index in [1.54, 1.807) is 7.11 Å². The minimum Gasteiger partial charge on any atom is -0.496 e. The Balaban J connectivity index is 2.97. The SMILES string of the molecule is CCCN(CC)Cc1ccc(OC)c(C(N)=NO)c1. The molecule has 3 N–H and O–H groups in total. The van der Waals surface area contributed by atoms with Crippen molar-refractivity contribution in [1.82, 2.24) is 4.90 Å². The summed E-state index contributed by atoms with van der Waals surface area (Å²) >= 11 is 0. The van der Waals surface area contributed by atoms with E-state index in [1.807, 2.05) is 18.2 Å². The van der Waals surface area contributed by atoms with Crippen molar-refractivity contribution in [3.05, 3.63) is 29.3 Å². The van der Waals surface area contributed by atoms with E-state index in [4.69, 9.17) is 15.7 Å². The van der Waals surface area contributed by atoms with Crippen molar-refractivity contribution in [1.29, 1.82) is 0 Å². The minimum absolute atomic E-state index is 0.0669. The predicted octanol–water partition coefficient (Wildman–Crippen LogP) is 2.02. The first kappa shape index (κ1) is 15.3. The fraction of sp³-hybridized carbons (Fsp3) is 0.500. The number of benzene rings is 1. The van der Waals surface area contributed by atoms with E-state index < -0.39 is 0 Å². The number of oxime groups is 1. The lowest BCUT2D eigenvalue weighted by Gasteiger charge is -2.20. The Bertz CT molecular complexity index is 433. The maximum absolute atomic E-state index is 8.81. The molecule has 0 heterocycles. The highest BCUT2D eigenvalue weighted by Gasteiger charge is 2.10. The van der Waals surface area contributed by atoms with Gasteiger partial charge in [-0.25, -0.2) is 0 Å². The highest BCUT2D eigenvalue weighted by molar-refractivity contribution is 5.99. The maximum Gasteiger partial charge on any atom is 0.173 e. The number of nitrogens with zero attached hydrogens (tertiary/aromatic N) is 2. The molecule has 0 saturated heterocycles. The van der Waals surface area contributed by atoms with E-state index in [0.29, 0.717) is 11.3 Å². The molecular formula is C14H23N3O2. The van der Waals surface area contributed by atoms with Gasteiger partial charge in [0.15, 0.2) is 5.84 Å². The molecule has 0 radical (unpaired) electrons. The smallest absolute Gasteiger partial charge is 0.173 e. The first-order chi connectivity index (χ1) is 9.15. The number of nitrogens with two attached hydrogens (primary N) is 1. The summed E-state index contributed by atoms with van der Waals surface area (Å²) in [6.07, 6.45) is 1.12. The Hall–Kier alpha value is -1.75. The summed E-state index contributed by atoms with van der Waals surface area (Å²) in [6.45, 7) is 7.21. The average Bonchev–Trinajstić information content (AvgIpc) is 2.45. The van der Waals surface area contributed by atoms with Crippen LogP contribution in [0.4, 0.5) is 0 Å². The van der Waals surface area contributed by atoms with Gasteiger partial charge in [0.25, 0.3) is 0 Å². The van der Waals surface area contributed by atoms with Crippen LogP contribution in [0.2, 0.25) is 0 Å². The second-order valence-electron chi connectivity index (χ2n) is 4.39. The van der Waals surface area contributed by atoms with Crippen molar-refractivity contribution in [2.75, 3.05) is 20.2 Å². The standard InChI is InChI=1S/C14H23N3O2/c1-4-8-17(5-2)10-11-6-7-13(19-3)12(9-11)14(15)16-18/h6-7,9,18H,4-5,8,10H2,1-3H3,(H2,15,16). The van der Waals surface area contributed by atoms with Gasteiger partial charge in [0.2, 0.25) is 0 Å². The predicted molar refractivity (Wildman–Crippen MR) is 76.7 cm³/mol. The fourth-order valence-electron chi connectivity index (χ4n) is 2.03. The van der Waals surface area contributed by atoms with Crippen molar-refractivity contribution >= 4 is 5.84 Å². The lowest BCUT2D eigenvalue weighted by molar-refractivity contribution is 0.280. The lowest BCUT2D eigenvalue weighted by Crippen LogP contribution is -2.24. The zero-order valence-corrected chi connectivity index (χ0v) is 11.9. The molecule has 0 saturated carbocycles. The second kappa shape index (κ2) is 7.63. The van der Waals surface area contributed by atoms with E-state index in [9.17, 15) is 0 Å². The van der Waals surface area contributed by atoms with Crippen LogP contribution in [-0.2, 0) is 6.54 Å². The number of ether oxygens (including phenoxy) is 1. The zero-order chi connectivity index (χ0) is 14.3. The Morgan fingerprint density at radius 1 is 1.42 bits per heavy atom. The molecule has 0 unspecified atom stereocenters. The Kier molecular flexibility index (Phi) is 6.15. The molecule has 0 aromatic heterocycles. The van der Waals surface area contributed by atoms with Gasteiger partial charge in [0.05, 0.1) is 12.7 Å². The lowest BCUT2D eigenvalue weighted by atomic mass is 10.1. The molecule has 5 heteroatoms. The molecule has 1 rings (SSSR count). The van der Waals surface area contributed by atoms with Crippen LogP contribution in [0.3, 0.4) is 0 Å². The normalized spacial score (nSPS) is 11.9. The van der Waals surface area contributed by atoms with E-state index in [-0.39, 0.29) is 5.84 Å². The van der Waals surface area contributed by atoms with Gasteiger partial charge in [-0.1, -0.05) is 25.1 Å². The molecule has 0 spiro atoms. The Morgan fingerprint density at radius 3 is 2.68 bits per heavy atom. The van der Waals surface area contributed by atoms with Crippen LogP contribution in [0.5, 0.6) is 5.75 Å². The van der Waals surface area contributed by atoms with E-state index >= 15 is 0 Å². The monoisotopic (exact) mass is 265 g/mol. The van der Waals surface area contributed by atoms with Gasteiger partial charge in [-0.3, -0.25) is 4.90 Å². The molecule has 0 fully saturated rings. The molecular weight excluding hydrogens is 242 g/mol. The van der Waals surface area contributed by atoms with Crippen molar-refractivity contribution in [3.8, 4) is 5.75 Å². The molecule has 19 heavy (non-hydrogen) atoms. The van der Waals surface area contributed by atoms with E-state index in [0.717, 1.165) is 31.6 Å². The molecule has 0 aliphatic heterocycles. The number of hydrogen-bond acceptors (Lipinski definition) is 4. The van der Waals surface area contributed by atoms with Gasteiger partial charge < -0.3 is 15.7 Å². The highest BCUT2D eigenvalue weighted by Crippen LogP contribution is 2.20. The average molecular weight is 265 g/mol. The van der Waals surface area contributed by atoms with Gasteiger partial charge in [-0.15, -0.1) is 0 Å². The summed E-state index contributed by atoms with van der Waals surface area (Å²) in [6, 6.07) is 5.76. The Morgan fingerprint density at radius 2 is 2.16 bits per heavy atom. The minimum atomic E-state index is 0.0669. The van der Waals surface area contributed by atoms with Crippen LogP contribution >= 0.6 is 0 Å². The first-order valence-electron chi connectivity index (χ1n) is 6.53. The quantitative estimate of drug-likeness (QED) is 0.342. The molecule has 1 aromatic rings. The van der Waals surface area contributed by atoms with Crippen LogP contribution in [0.15, 0.2) is 23.4 Å². The molecule has 0 bridgehead atoms. The van der Waals surface area contributed by atoms with Gasteiger partial charge >= 0.3 is 0 Å². The number of rotatable bonds is 7. The molecule has 0 atom stereocenters. The second-order valence-corrected chi connectivity index (χ2v) is 4.39. The third kappa shape index (κ3) is 4.13.